The van der Waals surface area contributed by atoms with Crippen LogP contribution in [0, 0.1) is 11.6 Å². The van der Waals surface area contributed by atoms with Gasteiger partial charge in [0.25, 0.3) is 0 Å². The first-order chi connectivity index (χ1) is 12.1. The zero-order valence-electron chi connectivity index (χ0n) is 13.1. The fraction of sp³-hybridized carbons (Fsp3) is 0.200. The molecule has 0 N–H and O–H groups in total. The highest BCUT2D eigenvalue weighted by atomic mass is 35.5. The van der Waals surface area contributed by atoms with Crippen molar-refractivity contribution in [3.05, 3.63) is 47.1 Å². The molecular formula is C15H11ClF5N3OS. The third-order valence-corrected chi connectivity index (χ3v) is 4.64. The predicted octanol–water partition coefficient (Wildman–Crippen LogP) is 4.86. The van der Waals surface area contributed by atoms with Crippen molar-refractivity contribution in [1.29, 1.82) is 0 Å². The molecule has 11 heteroatoms. The van der Waals surface area contributed by atoms with Gasteiger partial charge >= 0.3 is 6.18 Å². The highest BCUT2D eigenvalue weighted by Gasteiger charge is 2.41. The van der Waals surface area contributed by atoms with Gasteiger partial charge in [0.1, 0.15) is 22.3 Å². The molecule has 0 fully saturated rings. The minimum Gasteiger partial charge on any atom is -0.278 e. The Morgan fingerprint density at radius 3 is 2.58 bits per heavy atom. The number of alkyl halides is 3. The van der Waals surface area contributed by atoms with E-state index in [9.17, 15) is 26.7 Å². The van der Waals surface area contributed by atoms with Crippen molar-refractivity contribution in [2.24, 2.45) is 7.05 Å². The van der Waals surface area contributed by atoms with Crippen LogP contribution in [-0.2, 0) is 18.0 Å². The van der Waals surface area contributed by atoms with Gasteiger partial charge in [-0.25, -0.2) is 8.78 Å². The number of anilines is 2. The molecule has 0 atom stereocenters. The molecule has 2 rings (SSSR count). The van der Waals surface area contributed by atoms with E-state index in [0.717, 1.165) is 28.6 Å². The van der Waals surface area contributed by atoms with Crippen LogP contribution in [0.3, 0.4) is 0 Å². The maximum absolute atomic E-state index is 14.1. The molecular weight excluding hydrogens is 401 g/mol. The summed E-state index contributed by atoms with van der Waals surface area (Å²) in [6, 6.07) is 2.15. The van der Waals surface area contributed by atoms with E-state index in [0.29, 0.717) is 11.0 Å². The molecule has 0 bridgehead atoms. The molecule has 4 nitrogen and oxygen atoms in total. The zero-order chi connectivity index (χ0) is 19.6. The van der Waals surface area contributed by atoms with Crippen LogP contribution >= 0.6 is 23.4 Å². The molecule has 0 unspecified atom stereocenters. The average Bonchev–Trinajstić information content (AvgIpc) is 2.85. The van der Waals surface area contributed by atoms with E-state index in [1.807, 2.05) is 0 Å². The van der Waals surface area contributed by atoms with Crippen LogP contribution in [0.15, 0.2) is 34.8 Å². The average molecular weight is 412 g/mol. The van der Waals surface area contributed by atoms with Crippen molar-refractivity contribution in [1.82, 2.24) is 9.78 Å². The topological polar surface area (TPSA) is 38.1 Å². The molecule has 26 heavy (non-hydrogen) atoms. The molecule has 0 spiro atoms. The molecule has 1 aromatic heterocycles. The molecule has 0 aliphatic rings. The van der Waals surface area contributed by atoms with Gasteiger partial charge in [0.15, 0.2) is 5.69 Å². The van der Waals surface area contributed by atoms with E-state index in [1.165, 1.54) is 7.05 Å². The number of carbonyl (C=O) groups is 1. The van der Waals surface area contributed by atoms with Crippen LogP contribution in [0.1, 0.15) is 5.69 Å². The summed E-state index contributed by atoms with van der Waals surface area (Å²) < 4.78 is 68.3. The number of amides is 1. The van der Waals surface area contributed by atoms with Gasteiger partial charge in [-0.15, -0.1) is 0 Å². The van der Waals surface area contributed by atoms with Crippen molar-refractivity contribution < 1.29 is 26.7 Å². The Balaban J connectivity index is 2.69. The van der Waals surface area contributed by atoms with Crippen LogP contribution in [0.5, 0.6) is 0 Å². The summed E-state index contributed by atoms with van der Waals surface area (Å²) in [6.45, 7) is 3.44. The van der Waals surface area contributed by atoms with Crippen molar-refractivity contribution in [3.8, 4) is 0 Å². The summed E-state index contributed by atoms with van der Waals surface area (Å²) >= 11 is 6.49. The number of thioether (sulfide) groups is 1. The zero-order valence-corrected chi connectivity index (χ0v) is 14.7. The number of aromatic nitrogens is 2. The van der Waals surface area contributed by atoms with Crippen molar-refractivity contribution >= 4 is 41.1 Å². The lowest BCUT2D eigenvalue weighted by molar-refractivity contribution is -0.140. The molecule has 1 aromatic carbocycles. The van der Waals surface area contributed by atoms with Crippen molar-refractivity contribution in [2.45, 2.75) is 11.2 Å². The van der Waals surface area contributed by atoms with Crippen LogP contribution in [0.2, 0.25) is 0 Å². The van der Waals surface area contributed by atoms with Crippen LogP contribution in [-0.4, -0.2) is 21.9 Å². The summed E-state index contributed by atoms with van der Waals surface area (Å²) in [5, 5.41) is 3.47. The van der Waals surface area contributed by atoms with E-state index in [1.54, 1.807) is 0 Å². The van der Waals surface area contributed by atoms with Gasteiger partial charge in [-0.1, -0.05) is 29.9 Å². The van der Waals surface area contributed by atoms with Crippen molar-refractivity contribution in [2.75, 3.05) is 10.7 Å². The first-order valence-corrected chi connectivity index (χ1v) is 8.22. The third kappa shape index (κ3) is 4.18. The number of hydrogen-bond donors (Lipinski definition) is 0. The summed E-state index contributed by atoms with van der Waals surface area (Å²) in [6.07, 6.45) is -4.91. The number of benzene rings is 1. The second-order valence-corrected chi connectivity index (χ2v) is 6.50. The minimum atomic E-state index is -4.92. The Morgan fingerprint density at radius 2 is 2.08 bits per heavy atom. The van der Waals surface area contributed by atoms with E-state index in [-0.39, 0.29) is 22.2 Å². The Kier molecular flexibility index (Phi) is 5.97. The molecule has 0 radical (unpaired) electrons. The predicted molar refractivity (Wildman–Crippen MR) is 88.5 cm³/mol. The van der Waals surface area contributed by atoms with Gasteiger partial charge in [0.2, 0.25) is 6.41 Å². The van der Waals surface area contributed by atoms with Gasteiger partial charge in [-0.3, -0.25) is 14.4 Å². The monoisotopic (exact) mass is 411 g/mol. The summed E-state index contributed by atoms with van der Waals surface area (Å²) in [5.41, 5.74) is -2.62. The van der Waals surface area contributed by atoms with Gasteiger partial charge < -0.3 is 0 Å². The lowest BCUT2D eigenvalue weighted by Crippen LogP contribution is -2.20. The number of hydrogen-bond acceptors (Lipinski definition) is 3. The van der Waals surface area contributed by atoms with E-state index in [2.05, 4.69) is 11.7 Å². The molecule has 0 saturated carbocycles. The van der Waals surface area contributed by atoms with E-state index < -0.39 is 34.9 Å². The van der Waals surface area contributed by atoms with E-state index in [4.69, 9.17) is 11.6 Å². The number of halogens is 6. The van der Waals surface area contributed by atoms with Gasteiger partial charge in [0, 0.05) is 23.9 Å². The molecule has 140 valence electrons. The fourth-order valence-electron chi connectivity index (χ4n) is 2.12. The van der Waals surface area contributed by atoms with Crippen LogP contribution < -0.4 is 4.90 Å². The Hall–Kier alpha value is -2.07. The first-order valence-electron chi connectivity index (χ1n) is 6.86. The number of carbonyl (C=O) groups excluding carboxylic acids is 1. The minimum absolute atomic E-state index is 0.00213. The number of rotatable bonds is 6. The Morgan fingerprint density at radius 1 is 1.42 bits per heavy atom. The second kappa shape index (κ2) is 7.67. The molecule has 1 amide bonds. The Bertz CT molecular complexity index is 853. The molecule has 0 aliphatic carbocycles. The summed E-state index contributed by atoms with van der Waals surface area (Å²) in [4.78, 5) is 12.0. The SMILES string of the molecule is C=C(Cl)CSc1c(N(C=O)c2ccc(F)cc2F)c(C(F)(F)F)nn1C. The molecule has 0 saturated heterocycles. The van der Waals surface area contributed by atoms with Crippen LogP contribution in [0.4, 0.5) is 33.3 Å². The fourth-order valence-corrected chi connectivity index (χ4v) is 3.14. The van der Waals surface area contributed by atoms with Gasteiger partial charge in [-0.05, 0) is 12.1 Å². The largest absolute Gasteiger partial charge is 0.437 e. The maximum Gasteiger partial charge on any atom is 0.437 e. The quantitative estimate of drug-likeness (QED) is 0.387. The van der Waals surface area contributed by atoms with Crippen LogP contribution in [0.25, 0.3) is 0 Å². The summed E-state index contributed by atoms with van der Waals surface area (Å²) in [5.74, 6) is -2.11. The lowest BCUT2D eigenvalue weighted by Gasteiger charge is -2.20. The summed E-state index contributed by atoms with van der Waals surface area (Å²) in [7, 11) is 1.24. The number of nitrogens with zero attached hydrogens (tertiary/aromatic N) is 3. The second-order valence-electron chi connectivity index (χ2n) is 5.00. The van der Waals surface area contributed by atoms with E-state index >= 15 is 0 Å². The standard InChI is InChI=1S/C15H11ClF5N3OS/c1-8(16)6-26-14-12(13(15(19,20)21)22-23(14)2)24(7-25)11-4-3-9(17)5-10(11)18/h3-5,7H,1,6H2,2H3. The molecule has 1 heterocycles. The number of aryl methyl sites for hydroxylation is 1. The van der Waals surface area contributed by atoms with Gasteiger partial charge in [0.05, 0.1) is 5.69 Å². The lowest BCUT2D eigenvalue weighted by atomic mass is 10.2. The highest BCUT2D eigenvalue weighted by Crippen LogP contribution is 2.44. The highest BCUT2D eigenvalue weighted by molar-refractivity contribution is 7.99. The molecule has 2 aromatic rings. The first kappa shape index (κ1) is 20.2. The molecule has 0 aliphatic heterocycles. The Labute approximate surface area is 154 Å². The van der Waals surface area contributed by atoms with Crippen molar-refractivity contribution in [3.63, 3.8) is 0 Å². The third-order valence-electron chi connectivity index (χ3n) is 3.12. The smallest absolute Gasteiger partial charge is 0.278 e. The normalized spacial score (nSPS) is 11.5. The van der Waals surface area contributed by atoms with Gasteiger partial charge in [-0.2, -0.15) is 18.3 Å². The maximum atomic E-state index is 14.1.